The number of hydrogen-bond acceptors (Lipinski definition) is 8. The van der Waals surface area contributed by atoms with Crippen LogP contribution in [0.15, 0.2) is 59.6 Å². The summed E-state index contributed by atoms with van der Waals surface area (Å²) in [6.07, 6.45) is 0. The molecule has 3 aromatic rings. The number of carboxylic acids is 1. The average molecular weight is 431 g/mol. The molecule has 0 radical (unpaired) electrons. The van der Waals surface area contributed by atoms with Crippen molar-refractivity contribution in [2.45, 2.75) is 10.3 Å². The maximum Gasteiger partial charge on any atom is 0.321 e. The Morgan fingerprint density at radius 1 is 1.10 bits per heavy atom. The number of nitrogens with two attached hydrogens (primary N) is 1. The van der Waals surface area contributed by atoms with Crippen LogP contribution in [0.3, 0.4) is 0 Å². The Kier molecular flexibility index (Phi) is 6.15. The van der Waals surface area contributed by atoms with Crippen LogP contribution >= 0.6 is 11.8 Å². The van der Waals surface area contributed by atoms with Gasteiger partial charge in [-0.3, -0.25) is 14.9 Å². The van der Waals surface area contributed by atoms with E-state index in [9.17, 15) is 30.5 Å². The fourth-order valence-electron chi connectivity index (χ4n) is 3.00. The molecule has 0 bridgehead atoms. The van der Waals surface area contributed by atoms with E-state index in [1.165, 1.54) is 24.3 Å². The van der Waals surface area contributed by atoms with Crippen molar-refractivity contribution in [2.75, 3.05) is 5.73 Å². The lowest BCUT2D eigenvalue weighted by Crippen LogP contribution is -2.10. The van der Waals surface area contributed by atoms with Crippen LogP contribution in [0.4, 0.5) is 11.5 Å². The standard InChI is InChI=1S/C21H13N5O4S/c22-10-14-17(13-8-4-5-9-16(13)26(29)30)15(11-23)20(25-19(14)24)31-18(21(27)28)12-6-2-1-3-7-12/h1-9,18H,(H2,24,25)(H,27,28). The molecule has 9 nitrogen and oxygen atoms in total. The number of carboxylic acid groups (broad SMARTS) is 1. The van der Waals surface area contributed by atoms with Gasteiger partial charge in [-0.2, -0.15) is 10.5 Å². The van der Waals surface area contributed by atoms with E-state index < -0.39 is 16.1 Å². The molecule has 0 aliphatic rings. The fourth-order valence-corrected chi connectivity index (χ4v) is 4.03. The summed E-state index contributed by atoms with van der Waals surface area (Å²) in [6.45, 7) is 0. The Bertz CT molecular complexity index is 1270. The second-order valence-corrected chi connectivity index (χ2v) is 7.27. The maximum atomic E-state index is 11.9. The number of pyridine rings is 1. The molecule has 1 atom stereocenters. The van der Waals surface area contributed by atoms with Crippen LogP contribution in [0.25, 0.3) is 11.1 Å². The zero-order valence-electron chi connectivity index (χ0n) is 15.7. The zero-order valence-corrected chi connectivity index (χ0v) is 16.5. The summed E-state index contributed by atoms with van der Waals surface area (Å²) in [6, 6.07) is 17.7. The smallest absolute Gasteiger partial charge is 0.321 e. The second-order valence-electron chi connectivity index (χ2n) is 6.17. The monoisotopic (exact) mass is 431 g/mol. The van der Waals surface area contributed by atoms with Gasteiger partial charge in [-0.05, 0) is 11.6 Å². The minimum absolute atomic E-state index is 0.0168. The summed E-state index contributed by atoms with van der Waals surface area (Å²) >= 11 is 0.765. The van der Waals surface area contributed by atoms with Crippen molar-refractivity contribution in [1.82, 2.24) is 4.98 Å². The average Bonchev–Trinajstić information content (AvgIpc) is 2.77. The summed E-state index contributed by atoms with van der Waals surface area (Å²) in [5, 5.41) is 39.5. The van der Waals surface area contributed by atoms with E-state index in [1.807, 2.05) is 12.1 Å². The number of carbonyl (C=O) groups is 1. The number of nitro groups is 1. The van der Waals surface area contributed by atoms with Gasteiger partial charge >= 0.3 is 5.97 Å². The maximum absolute atomic E-state index is 11.9. The second kappa shape index (κ2) is 8.95. The van der Waals surface area contributed by atoms with Crippen LogP contribution < -0.4 is 5.73 Å². The van der Waals surface area contributed by atoms with Gasteiger partial charge in [0.15, 0.2) is 0 Å². The summed E-state index contributed by atoms with van der Waals surface area (Å²) in [7, 11) is 0. The molecule has 10 heteroatoms. The molecule has 152 valence electrons. The Morgan fingerprint density at radius 3 is 2.29 bits per heavy atom. The number of rotatable bonds is 6. The first-order valence-electron chi connectivity index (χ1n) is 8.70. The van der Waals surface area contributed by atoms with Crippen LogP contribution in [-0.4, -0.2) is 21.0 Å². The lowest BCUT2D eigenvalue weighted by molar-refractivity contribution is -0.384. The van der Waals surface area contributed by atoms with Crippen LogP contribution in [0, 0.1) is 32.8 Å². The number of anilines is 1. The molecule has 1 heterocycles. The number of nitrogen functional groups attached to an aromatic ring is 1. The number of nitro benzene ring substituents is 1. The van der Waals surface area contributed by atoms with Crippen LogP contribution in [0.1, 0.15) is 21.9 Å². The minimum Gasteiger partial charge on any atom is -0.480 e. The first-order valence-corrected chi connectivity index (χ1v) is 9.58. The van der Waals surface area contributed by atoms with E-state index >= 15 is 0 Å². The number of nitrogens with zero attached hydrogens (tertiary/aromatic N) is 4. The Balaban J connectivity index is 2.28. The van der Waals surface area contributed by atoms with Gasteiger partial charge in [0.05, 0.1) is 16.1 Å². The lowest BCUT2D eigenvalue weighted by Gasteiger charge is -2.16. The highest BCUT2D eigenvalue weighted by Crippen LogP contribution is 2.43. The first-order chi connectivity index (χ1) is 14.9. The zero-order chi connectivity index (χ0) is 22.5. The highest BCUT2D eigenvalue weighted by atomic mass is 32.2. The third-order valence-corrected chi connectivity index (χ3v) is 5.57. The van der Waals surface area contributed by atoms with Crippen LogP contribution in [0.2, 0.25) is 0 Å². The third-order valence-electron chi connectivity index (χ3n) is 4.34. The van der Waals surface area contributed by atoms with Gasteiger partial charge < -0.3 is 10.8 Å². The molecule has 0 aliphatic carbocycles. The summed E-state index contributed by atoms with van der Waals surface area (Å²) in [5.41, 5.74) is 5.68. The number of hydrogen-bond donors (Lipinski definition) is 2. The summed E-state index contributed by atoms with van der Waals surface area (Å²) < 4.78 is 0. The van der Waals surface area contributed by atoms with E-state index in [0.29, 0.717) is 5.56 Å². The molecule has 2 aromatic carbocycles. The van der Waals surface area contributed by atoms with Crippen molar-refractivity contribution in [3.05, 3.63) is 81.4 Å². The van der Waals surface area contributed by atoms with Gasteiger partial charge in [0.1, 0.15) is 33.8 Å². The largest absolute Gasteiger partial charge is 0.480 e. The minimum atomic E-state index is -1.17. The molecule has 3 rings (SSSR count). The van der Waals surface area contributed by atoms with E-state index in [4.69, 9.17) is 5.73 Å². The molecule has 0 amide bonds. The molecule has 0 fully saturated rings. The molecule has 0 spiro atoms. The molecule has 1 aromatic heterocycles. The van der Waals surface area contributed by atoms with Crippen molar-refractivity contribution in [1.29, 1.82) is 10.5 Å². The topological polar surface area (TPSA) is 167 Å². The molecule has 0 saturated carbocycles. The molecule has 3 N–H and O–H groups in total. The molecule has 31 heavy (non-hydrogen) atoms. The van der Waals surface area contributed by atoms with Crippen molar-refractivity contribution in [2.24, 2.45) is 0 Å². The predicted octanol–water partition coefficient (Wildman–Crippen LogP) is 3.90. The Hall–Kier alpha value is -4.41. The number of benzene rings is 2. The molecule has 1 unspecified atom stereocenters. The van der Waals surface area contributed by atoms with Crippen molar-refractivity contribution in [3.63, 3.8) is 0 Å². The normalized spacial score (nSPS) is 11.2. The van der Waals surface area contributed by atoms with Crippen molar-refractivity contribution in [3.8, 4) is 23.3 Å². The van der Waals surface area contributed by atoms with Gasteiger partial charge in [-0.15, -0.1) is 0 Å². The van der Waals surface area contributed by atoms with E-state index in [1.54, 1.807) is 30.3 Å². The van der Waals surface area contributed by atoms with Crippen LogP contribution in [0.5, 0.6) is 0 Å². The number of aromatic nitrogens is 1. The van der Waals surface area contributed by atoms with Crippen LogP contribution in [-0.2, 0) is 4.79 Å². The van der Waals surface area contributed by atoms with Crippen molar-refractivity contribution < 1.29 is 14.8 Å². The predicted molar refractivity (Wildman–Crippen MR) is 113 cm³/mol. The molecule has 0 saturated heterocycles. The Labute approximate surface area is 180 Å². The Morgan fingerprint density at radius 2 is 1.71 bits per heavy atom. The van der Waals surface area contributed by atoms with E-state index in [0.717, 1.165) is 11.8 Å². The summed E-state index contributed by atoms with van der Waals surface area (Å²) in [4.78, 5) is 26.9. The van der Waals surface area contributed by atoms with Gasteiger partial charge in [0.25, 0.3) is 5.69 Å². The highest BCUT2D eigenvalue weighted by Gasteiger charge is 2.29. The number of aliphatic carboxylic acids is 1. The third kappa shape index (κ3) is 4.15. The highest BCUT2D eigenvalue weighted by molar-refractivity contribution is 8.00. The van der Waals surface area contributed by atoms with E-state index in [-0.39, 0.29) is 38.8 Å². The SMILES string of the molecule is N#Cc1c(N)nc(SC(C(=O)O)c2ccccc2)c(C#N)c1-c1ccccc1[N+](=O)[O-]. The number of nitriles is 2. The van der Waals surface area contributed by atoms with Crippen molar-refractivity contribution >= 4 is 29.2 Å². The number of para-hydroxylation sites is 1. The molecular formula is C21H13N5O4S. The van der Waals surface area contributed by atoms with Gasteiger partial charge in [-0.25, -0.2) is 4.98 Å². The molecular weight excluding hydrogens is 418 g/mol. The van der Waals surface area contributed by atoms with Gasteiger partial charge in [0, 0.05) is 11.6 Å². The lowest BCUT2D eigenvalue weighted by atomic mass is 9.95. The molecule has 0 aliphatic heterocycles. The van der Waals surface area contributed by atoms with Gasteiger partial charge in [0.2, 0.25) is 0 Å². The number of thioether (sulfide) groups is 1. The summed E-state index contributed by atoms with van der Waals surface area (Å²) in [5.74, 6) is -1.42. The first kappa shape index (κ1) is 21.3. The quantitative estimate of drug-likeness (QED) is 0.334. The van der Waals surface area contributed by atoms with E-state index in [2.05, 4.69) is 4.98 Å². The van der Waals surface area contributed by atoms with Gasteiger partial charge in [-0.1, -0.05) is 54.2 Å². The fraction of sp³-hybridized carbons (Fsp3) is 0.0476.